The van der Waals surface area contributed by atoms with Crippen LogP contribution in [-0.4, -0.2) is 52.0 Å². The molecule has 2 bridgehead atoms. The van der Waals surface area contributed by atoms with E-state index in [1.165, 1.54) is 0 Å². The second kappa shape index (κ2) is 6.83. The van der Waals surface area contributed by atoms with E-state index in [1.807, 2.05) is 17.8 Å². The Morgan fingerprint density at radius 2 is 2.24 bits per heavy atom. The number of anilines is 1. The zero-order valence-electron chi connectivity index (χ0n) is 17.4. The molecule has 2 aromatic heterocycles. The van der Waals surface area contributed by atoms with Crippen molar-refractivity contribution >= 4 is 11.7 Å². The zero-order valence-corrected chi connectivity index (χ0v) is 17.4. The van der Waals surface area contributed by atoms with E-state index in [9.17, 15) is 4.79 Å². The monoisotopic (exact) mass is 395 g/mol. The highest BCUT2D eigenvalue weighted by molar-refractivity contribution is 5.72. The Hall–Kier alpha value is -2.41. The Morgan fingerprint density at radius 1 is 1.38 bits per heavy atom. The highest BCUT2D eigenvalue weighted by atomic mass is 16.5. The van der Waals surface area contributed by atoms with E-state index >= 15 is 0 Å². The molecule has 3 fully saturated rings. The zero-order chi connectivity index (χ0) is 20.2. The van der Waals surface area contributed by atoms with Gasteiger partial charge in [0.1, 0.15) is 5.82 Å². The van der Waals surface area contributed by atoms with Crippen molar-refractivity contribution in [2.45, 2.75) is 51.9 Å². The van der Waals surface area contributed by atoms with Gasteiger partial charge in [0, 0.05) is 50.3 Å². The van der Waals surface area contributed by atoms with Crippen LogP contribution in [0.4, 0.5) is 5.82 Å². The van der Waals surface area contributed by atoms with Crippen molar-refractivity contribution < 1.29 is 9.53 Å². The van der Waals surface area contributed by atoms with Crippen LogP contribution < -0.4 is 10.2 Å². The van der Waals surface area contributed by atoms with Gasteiger partial charge in [-0.3, -0.25) is 9.48 Å². The average Bonchev–Trinajstić information content (AvgIpc) is 3.40. The van der Waals surface area contributed by atoms with Crippen LogP contribution >= 0.6 is 0 Å². The fourth-order valence-corrected chi connectivity index (χ4v) is 5.60. The normalized spacial score (nSPS) is 30.0. The number of hydrogen-bond donors (Lipinski definition) is 1. The van der Waals surface area contributed by atoms with Gasteiger partial charge in [-0.05, 0) is 44.4 Å². The van der Waals surface area contributed by atoms with Gasteiger partial charge in [0.2, 0.25) is 5.91 Å². The number of amides is 1. The molecule has 154 valence electrons. The number of fused-ring (bicyclic) bond motifs is 1. The third-order valence-electron chi connectivity index (χ3n) is 6.94. The summed E-state index contributed by atoms with van der Waals surface area (Å²) in [6, 6.07) is 6.36. The van der Waals surface area contributed by atoms with E-state index in [0.29, 0.717) is 17.9 Å². The van der Waals surface area contributed by atoms with Crippen molar-refractivity contribution in [1.82, 2.24) is 20.1 Å². The molecule has 7 heteroatoms. The molecule has 1 N–H and O–H groups in total. The first-order chi connectivity index (χ1) is 13.9. The molecule has 5 rings (SSSR count). The molecule has 7 nitrogen and oxygen atoms in total. The average molecular weight is 396 g/mol. The molecule has 0 aromatic carbocycles. The van der Waals surface area contributed by atoms with Gasteiger partial charge in [-0.15, -0.1) is 0 Å². The molecular weight excluding hydrogens is 366 g/mol. The second-order valence-electron chi connectivity index (χ2n) is 8.96. The number of rotatable bonds is 5. The molecule has 3 aliphatic rings. The van der Waals surface area contributed by atoms with Crippen LogP contribution in [0.15, 0.2) is 24.4 Å². The molecule has 3 saturated heterocycles. The topological polar surface area (TPSA) is 72.3 Å². The standard InChI is InChI=1S/C22H29N5O2/c1-14-8-15(2)27(25-14)11-17-4-5-21(24-9-17)26-12-19-18(10-23-16(3)28)20-6-7-22(19,13-26)29-20/h4-5,8-9,18-20H,6-7,10-13H2,1-3H3,(H,23,28)/t18-,19+,20+,22+/m0/s1. The Morgan fingerprint density at radius 3 is 2.93 bits per heavy atom. The predicted octanol–water partition coefficient (Wildman–Crippen LogP) is 2.06. The van der Waals surface area contributed by atoms with Crippen molar-refractivity contribution in [3.63, 3.8) is 0 Å². The molecule has 0 saturated carbocycles. The molecule has 1 spiro atoms. The number of aromatic nitrogens is 3. The fourth-order valence-electron chi connectivity index (χ4n) is 5.60. The molecule has 0 radical (unpaired) electrons. The highest BCUT2D eigenvalue weighted by Crippen LogP contribution is 2.55. The van der Waals surface area contributed by atoms with Gasteiger partial charge in [0.15, 0.2) is 0 Å². The smallest absolute Gasteiger partial charge is 0.216 e. The predicted molar refractivity (Wildman–Crippen MR) is 110 cm³/mol. The number of aryl methyl sites for hydroxylation is 2. The van der Waals surface area contributed by atoms with Gasteiger partial charge in [0.25, 0.3) is 0 Å². The SMILES string of the molecule is CC(=O)NC[C@H]1[C@H]2CN(c3ccc(Cn4nc(C)cc4C)cn3)C[C@]23CC[C@H]1O3. The van der Waals surface area contributed by atoms with Gasteiger partial charge < -0.3 is 15.0 Å². The van der Waals surface area contributed by atoms with Gasteiger partial charge in [-0.25, -0.2) is 4.98 Å². The number of carbonyl (C=O) groups is 1. The minimum atomic E-state index is -0.0577. The Balaban J connectivity index is 1.29. The lowest BCUT2D eigenvalue weighted by Gasteiger charge is -2.29. The van der Waals surface area contributed by atoms with E-state index in [2.05, 4.69) is 40.4 Å². The van der Waals surface area contributed by atoms with Crippen LogP contribution in [0.25, 0.3) is 0 Å². The maximum Gasteiger partial charge on any atom is 0.216 e. The van der Waals surface area contributed by atoms with Gasteiger partial charge in [-0.2, -0.15) is 5.10 Å². The molecule has 2 aromatic rings. The molecule has 1 amide bonds. The highest BCUT2D eigenvalue weighted by Gasteiger charge is 2.63. The minimum Gasteiger partial charge on any atom is -0.369 e. The maximum atomic E-state index is 11.4. The Labute approximate surface area is 171 Å². The van der Waals surface area contributed by atoms with E-state index in [-0.39, 0.29) is 11.5 Å². The van der Waals surface area contributed by atoms with Crippen LogP contribution in [-0.2, 0) is 16.1 Å². The molecule has 0 unspecified atom stereocenters. The van der Waals surface area contributed by atoms with Crippen LogP contribution in [0.3, 0.4) is 0 Å². The number of nitrogens with zero attached hydrogens (tertiary/aromatic N) is 4. The number of carbonyl (C=O) groups excluding carboxylic acids is 1. The summed E-state index contributed by atoms with van der Waals surface area (Å²) >= 11 is 0. The largest absolute Gasteiger partial charge is 0.369 e. The van der Waals surface area contributed by atoms with Crippen LogP contribution in [0.2, 0.25) is 0 Å². The van der Waals surface area contributed by atoms with Crippen LogP contribution in [0.5, 0.6) is 0 Å². The lowest BCUT2D eigenvalue weighted by atomic mass is 9.73. The maximum absolute atomic E-state index is 11.4. The molecular formula is C22H29N5O2. The quantitative estimate of drug-likeness (QED) is 0.839. The number of hydrogen-bond acceptors (Lipinski definition) is 5. The van der Waals surface area contributed by atoms with E-state index < -0.39 is 0 Å². The first kappa shape index (κ1) is 18.6. The summed E-state index contributed by atoms with van der Waals surface area (Å²) in [5.41, 5.74) is 3.30. The van der Waals surface area contributed by atoms with Gasteiger partial charge in [-0.1, -0.05) is 6.07 Å². The van der Waals surface area contributed by atoms with E-state index in [0.717, 1.165) is 61.8 Å². The minimum absolute atomic E-state index is 0.0385. The summed E-state index contributed by atoms with van der Waals surface area (Å²) in [6.07, 6.45) is 4.48. The fraction of sp³-hybridized carbons (Fsp3) is 0.591. The van der Waals surface area contributed by atoms with Crippen LogP contribution in [0, 0.1) is 25.7 Å². The first-order valence-electron chi connectivity index (χ1n) is 10.6. The van der Waals surface area contributed by atoms with Crippen molar-refractivity contribution in [1.29, 1.82) is 0 Å². The molecule has 5 heterocycles. The first-order valence-corrected chi connectivity index (χ1v) is 10.6. The van der Waals surface area contributed by atoms with Gasteiger partial charge in [0.05, 0.1) is 23.9 Å². The number of nitrogens with one attached hydrogen (secondary N) is 1. The summed E-state index contributed by atoms with van der Waals surface area (Å²) < 4.78 is 8.48. The number of ether oxygens (including phenoxy) is 1. The van der Waals surface area contributed by atoms with E-state index in [4.69, 9.17) is 9.72 Å². The lowest BCUT2D eigenvalue weighted by Crippen LogP contribution is -2.41. The Kier molecular flexibility index (Phi) is 4.38. The second-order valence-corrected chi connectivity index (χ2v) is 8.96. The molecule has 29 heavy (non-hydrogen) atoms. The third-order valence-corrected chi connectivity index (χ3v) is 6.94. The lowest BCUT2D eigenvalue weighted by molar-refractivity contribution is -0.119. The van der Waals surface area contributed by atoms with Gasteiger partial charge >= 0.3 is 0 Å². The summed E-state index contributed by atoms with van der Waals surface area (Å²) in [5.74, 6) is 1.92. The summed E-state index contributed by atoms with van der Waals surface area (Å²) in [5, 5.41) is 7.55. The summed E-state index contributed by atoms with van der Waals surface area (Å²) in [4.78, 5) is 18.5. The molecule has 3 aliphatic heterocycles. The van der Waals surface area contributed by atoms with E-state index in [1.54, 1.807) is 6.92 Å². The van der Waals surface area contributed by atoms with Crippen molar-refractivity contribution in [3.8, 4) is 0 Å². The van der Waals surface area contributed by atoms with Crippen LogP contribution in [0.1, 0.15) is 36.7 Å². The Bertz CT molecular complexity index is 924. The van der Waals surface area contributed by atoms with Crippen molar-refractivity contribution in [2.24, 2.45) is 11.8 Å². The molecule has 0 aliphatic carbocycles. The number of pyridine rings is 1. The summed E-state index contributed by atoms with van der Waals surface area (Å²) in [6.45, 7) is 8.99. The van der Waals surface area contributed by atoms with Crippen molar-refractivity contribution in [2.75, 3.05) is 24.5 Å². The van der Waals surface area contributed by atoms with Crippen molar-refractivity contribution in [3.05, 3.63) is 41.3 Å². The molecule has 4 atom stereocenters. The summed E-state index contributed by atoms with van der Waals surface area (Å²) in [7, 11) is 0. The third kappa shape index (κ3) is 3.21.